The van der Waals surface area contributed by atoms with Gasteiger partial charge in [-0.3, -0.25) is 5.32 Å². The summed E-state index contributed by atoms with van der Waals surface area (Å²) in [5.41, 5.74) is -2.68. The second-order valence-electron chi connectivity index (χ2n) is 8.45. The fraction of sp³-hybridized carbons (Fsp3) is 0.192. The third kappa shape index (κ3) is 3.78. The average Bonchev–Trinajstić information content (AvgIpc) is 3.47. The van der Waals surface area contributed by atoms with E-state index in [9.17, 15) is 27.8 Å². The summed E-state index contributed by atoms with van der Waals surface area (Å²) < 4.78 is 60.2. The number of aromatic nitrogens is 3. The Labute approximate surface area is 203 Å². The Morgan fingerprint density at radius 2 is 1.78 bits per heavy atom. The number of likely N-dealkylation sites (N-methyl/N-ethyl adjacent to an activating group) is 1. The Kier molecular flexibility index (Phi) is 5.71. The molecule has 5 rings (SSSR count). The van der Waals surface area contributed by atoms with Crippen LogP contribution in [-0.2, 0) is 12.1 Å². The summed E-state index contributed by atoms with van der Waals surface area (Å²) in [5.74, 6) is -0.430. The van der Waals surface area contributed by atoms with Crippen molar-refractivity contribution in [1.29, 1.82) is 0 Å². The predicted molar refractivity (Wildman–Crippen MR) is 124 cm³/mol. The van der Waals surface area contributed by atoms with Gasteiger partial charge in [0.2, 0.25) is 5.60 Å². The molecule has 10 heteroatoms. The summed E-state index contributed by atoms with van der Waals surface area (Å²) in [5, 5.41) is 28.5. The van der Waals surface area contributed by atoms with Gasteiger partial charge >= 0.3 is 12.4 Å². The lowest BCUT2D eigenvalue weighted by Crippen LogP contribution is -2.43. The first-order valence-electron chi connectivity index (χ1n) is 11.0. The Hall–Kier alpha value is -3.91. The summed E-state index contributed by atoms with van der Waals surface area (Å²) in [7, 11) is 1.57. The molecule has 0 aliphatic rings. The van der Waals surface area contributed by atoms with Gasteiger partial charge in [-0.25, -0.2) is 4.39 Å². The van der Waals surface area contributed by atoms with Crippen LogP contribution < -0.4 is 10.4 Å². The number of hydrogen-bond donors (Lipinski definition) is 3. The van der Waals surface area contributed by atoms with Gasteiger partial charge in [-0.1, -0.05) is 18.2 Å². The smallest absolute Gasteiger partial charge is 0.377 e. The fourth-order valence-corrected chi connectivity index (χ4v) is 4.42. The monoisotopic (exact) mass is 497 g/mol. The number of alkyl halides is 3. The van der Waals surface area contributed by atoms with Crippen molar-refractivity contribution in [2.24, 2.45) is 0 Å². The molecule has 2 atom stereocenters. The fourth-order valence-electron chi connectivity index (χ4n) is 4.42. The summed E-state index contributed by atoms with van der Waals surface area (Å²) in [6.45, 7) is 0.109. The highest BCUT2D eigenvalue weighted by molar-refractivity contribution is 5.86. The minimum absolute atomic E-state index is 0.109. The number of hydrogen-bond acceptors (Lipinski definition) is 3. The van der Waals surface area contributed by atoms with Gasteiger partial charge in [0.15, 0.2) is 0 Å². The lowest BCUT2D eigenvalue weighted by atomic mass is 9.83. The van der Waals surface area contributed by atoms with Crippen LogP contribution >= 0.6 is 0 Å². The van der Waals surface area contributed by atoms with Crippen LogP contribution in [0.15, 0.2) is 72.9 Å². The molecule has 0 saturated heterocycles. The highest BCUT2D eigenvalue weighted by Gasteiger charge is 2.57. The zero-order valence-corrected chi connectivity index (χ0v) is 19.0. The van der Waals surface area contributed by atoms with Gasteiger partial charge in [-0.15, -0.1) is 0 Å². The SMILES string of the molecule is CNC(O)Cn1ccc2c(C(O)(c3ccc4c(c#[n+]n4-c4ccc(F)cc4)c3)C(F)(F)F)cccc21. The zero-order chi connectivity index (χ0) is 25.7. The maximum Gasteiger partial charge on any atom is 0.425 e. The first kappa shape index (κ1) is 23.8. The summed E-state index contributed by atoms with van der Waals surface area (Å²) in [6, 6.07) is 15.1. The second kappa shape index (κ2) is 8.64. The van der Waals surface area contributed by atoms with E-state index in [1.165, 1.54) is 65.3 Å². The minimum Gasteiger partial charge on any atom is -0.377 e. The van der Waals surface area contributed by atoms with Gasteiger partial charge in [-0.05, 0) is 65.8 Å². The number of nitrogens with one attached hydrogen (secondary N) is 1. The van der Waals surface area contributed by atoms with Crippen LogP contribution in [0.4, 0.5) is 17.6 Å². The van der Waals surface area contributed by atoms with E-state index < -0.39 is 29.4 Å². The van der Waals surface area contributed by atoms with E-state index in [2.05, 4.69) is 16.6 Å². The van der Waals surface area contributed by atoms with Gasteiger partial charge in [0.1, 0.15) is 28.6 Å². The highest BCUT2D eigenvalue weighted by Crippen LogP contribution is 2.47. The summed E-state index contributed by atoms with van der Waals surface area (Å²) >= 11 is 0. The van der Waals surface area contributed by atoms with E-state index in [0.717, 1.165) is 0 Å². The molecule has 184 valence electrons. The molecule has 0 spiro atoms. The third-order valence-corrected chi connectivity index (χ3v) is 6.30. The maximum atomic E-state index is 14.6. The molecule has 5 aromatic rings. The normalized spacial score (nSPS) is 14.6. The van der Waals surface area contributed by atoms with Crippen molar-refractivity contribution in [3.8, 4) is 5.69 Å². The molecule has 0 radical (unpaired) electrons. The molecule has 36 heavy (non-hydrogen) atoms. The quantitative estimate of drug-likeness (QED) is 0.248. The van der Waals surface area contributed by atoms with Gasteiger partial charge in [-0.2, -0.15) is 13.2 Å². The van der Waals surface area contributed by atoms with Crippen molar-refractivity contribution in [3.63, 3.8) is 0 Å². The number of aliphatic hydroxyl groups excluding tert-OH is 1. The van der Waals surface area contributed by atoms with E-state index in [-0.39, 0.29) is 22.9 Å². The van der Waals surface area contributed by atoms with E-state index >= 15 is 0 Å². The first-order chi connectivity index (χ1) is 17.1. The molecule has 0 bridgehead atoms. The van der Waals surface area contributed by atoms with E-state index in [0.29, 0.717) is 16.7 Å². The zero-order valence-electron chi connectivity index (χ0n) is 19.0. The van der Waals surface area contributed by atoms with E-state index in [1.807, 2.05) is 0 Å². The standard InChI is InChI=1S/C26H21F4N4O2/c1-31-24(35)15-33-12-11-20-21(3-2-4-23(20)33)25(36,26(28,29)30)17-5-10-22-16(13-17)14-32-34(22)19-8-6-18(27)7-9-19/h2-13,24,31,35-36H,15H2,1H3/q+1. The molecule has 2 heterocycles. The molecule has 3 aromatic carbocycles. The van der Waals surface area contributed by atoms with Crippen LogP contribution in [0.25, 0.3) is 27.5 Å². The van der Waals surface area contributed by atoms with Crippen LogP contribution in [0.5, 0.6) is 0 Å². The molecule has 0 amide bonds. The van der Waals surface area contributed by atoms with Crippen molar-refractivity contribution in [2.45, 2.75) is 24.6 Å². The highest BCUT2D eigenvalue weighted by atomic mass is 19.4. The Bertz CT molecular complexity index is 1540. The Morgan fingerprint density at radius 3 is 2.47 bits per heavy atom. The summed E-state index contributed by atoms with van der Waals surface area (Å²) in [6.07, 6.45) is -1.71. The van der Waals surface area contributed by atoms with Crippen LogP contribution in [0.3, 0.4) is 0 Å². The molecule has 0 aliphatic carbocycles. The van der Waals surface area contributed by atoms with Crippen molar-refractivity contribution in [1.82, 2.24) is 14.6 Å². The summed E-state index contributed by atoms with van der Waals surface area (Å²) in [4.78, 5) is 0. The molecule has 3 N–H and O–H groups in total. The molecule has 0 aliphatic heterocycles. The predicted octanol–water partition coefficient (Wildman–Crippen LogP) is 3.46. The van der Waals surface area contributed by atoms with Crippen LogP contribution in [0, 0.1) is 12.0 Å². The number of nitrogens with zero attached hydrogens (tertiary/aromatic N) is 3. The van der Waals surface area contributed by atoms with E-state index in [4.69, 9.17) is 0 Å². The maximum absolute atomic E-state index is 14.6. The molecule has 0 saturated carbocycles. The minimum atomic E-state index is -5.06. The van der Waals surface area contributed by atoms with Gasteiger partial charge < -0.3 is 14.8 Å². The van der Waals surface area contributed by atoms with Crippen molar-refractivity contribution >= 4 is 21.8 Å². The lowest BCUT2D eigenvalue weighted by Gasteiger charge is -2.32. The lowest BCUT2D eigenvalue weighted by molar-refractivity contribution is -0.396. The van der Waals surface area contributed by atoms with E-state index in [1.54, 1.807) is 23.9 Å². The molecule has 0 fully saturated rings. The first-order valence-corrected chi connectivity index (χ1v) is 11.0. The number of aliphatic hydroxyl groups is 2. The number of benzene rings is 3. The van der Waals surface area contributed by atoms with Crippen LogP contribution in [0.1, 0.15) is 11.1 Å². The molecule has 2 unspecified atom stereocenters. The van der Waals surface area contributed by atoms with Crippen molar-refractivity contribution < 1.29 is 32.9 Å². The van der Waals surface area contributed by atoms with Gasteiger partial charge in [0.05, 0.1) is 11.6 Å². The number of halogens is 4. The topological polar surface area (TPSA) is 76.5 Å². The Morgan fingerprint density at radius 1 is 1.03 bits per heavy atom. The van der Waals surface area contributed by atoms with Crippen LogP contribution in [-0.4, -0.2) is 38.9 Å². The number of fused-ring (bicyclic) bond motifs is 2. The average molecular weight is 497 g/mol. The van der Waals surface area contributed by atoms with Crippen molar-refractivity contribution in [2.75, 3.05) is 7.05 Å². The third-order valence-electron chi connectivity index (χ3n) is 6.30. The molecular weight excluding hydrogens is 476 g/mol. The Balaban J connectivity index is 1.65. The van der Waals surface area contributed by atoms with Gasteiger partial charge in [0, 0.05) is 22.7 Å². The van der Waals surface area contributed by atoms with Crippen molar-refractivity contribution in [3.05, 3.63) is 96.1 Å². The van der Waals surface area contributed by atoms with Gasteiger partial charge in [0.25, 0.3) is 0 Å². The second-order valence-corrected chi connectivity index (χ2v) is 8.45. The van der Waals surface area contributed by atoms with Crippen LogP contribution in [0.2, 0.25) is 0 Å². The molecule has 6 nitrogen and oxygen atoms in total. The molecule has 2 aromatic heterocycles. The largest absolute Gasteiger partial charge is 0.425 e. The molecular formula is C26H21F4N4O2+. The number of rotatable bonds is 6.